The molecule has 3 fully saturated rings. The van der Waals surface area contributed by atoms with Crippen LogP contribution in [0.5, 0.6) is 0 Å². The Morgan fingerprint density at radius 1 is 1.09 bits per heavy atom. The molecule has 11 heteroatoms. The van der Waals surface area contributed by atoms with E-state index in [9.17, 15) is 22.4 Å². The molecular formula is C23H27F5N4O2. The number of carbonyl (C=O) groups is 1. The SMILES string of the molecule is N[C@H](c1nc2c(F)c(C3(C(=O)N4CC(F)(F)C4)CCOCC3)ccc2[nH]1)C1CCC(F)(F)CC1. The van der Waals surface area contributed by atoms with Crippen LogP contribution in [0.25, 0.3) is 11.0 Å². The number of benzene rings is 1. The molecule has 34 heavy (non-hydrogen) atoms. The zero-order chi connectivity index (χ0) is 24.3. The first-order valence-corrected chi connectivity index (χ1v) is 11.6. The molecule has 5 rings (SSSR count). The van der Waals surface area contributed by atoms with E-state index in [1.54, 1.807) is 6.07 Å². The van der Waals surface area contributed by atoms with E-state index in [1.165, 1.54) is 6.07 Å². The third kappa shape index (κ3) is 3.96. The predicted molar refractivity (Wildman–Crippen MR) is 113 cm³/mol. The van der Waals surface area contributed by atoms with E-state index in [1.807, 2.05) is 0 Å². The van der Waals surface area contributed by atoms with Crippen molar-refractivity contribution in [1.29, 1.82) is 0 Å². The van der Waals surface area contributed by atoms with Crippen molar-refractivity contribution >= 4 is 16.9 Å². The minimum Gasteiger partial charge on any atom is -0.381 e. The quantitative estimate of drug-likeness (QED) is 0.639. The summed E-state index contributed by atoms with van der Waals surface area (Å²) in [7, 11) is 0. The van der Waals surface area contributed by atoms with Gasteiger partial charge in [0.2, 0.25) is 11.8 Å². The van der Waals surface area contributed by atoms with Crippen molar-refractivity contribution in [3.05, 3.63) is 29.3 Å². The van der Waals surface area contributed by atoms with Gasteiger partial charge in [-0.2, -0.15) is 0 Å². The molecule has 0 bridgehead atoms. The third-order valence-electron chi connectivity index (χ3n) is 7.60. The second-order valence-electron chi connectivity index (χ2n) is 9.88. The van der Waals surface area contributed by atoms with E-state index in [-0.39, 0.29) is 68.7 Å². The molecule has 6 nitrogen and oxygen atoms in total. The summed E-state index contributed by atoms with van der Waals surface area (Å²) in [5.74, 6) is -6.76. The molecule has 3 heterocycles. The van der Waals surface area contributed by atoms with Crippen LogP contribution >= 0.6 is 0 Å². The van der Waals surface area contributed by atoms with Gasteiger partial charge in [0.25, 0.3) is 5.92 Å². The number of aromatic nitrogens is 2. The Morgan fingerprint density at radius 3 is 2.35 bits per heavy atom. The minimum atomic E-state index is -2.93. The number of aromatic amines is 1. The number of hydrogen-bond acceptors (Lipinski definition) is 4. The minimum absolute atomic E-state index is 0.00306. The number of ether oxygens (including phenoxy) is 1. The summed E-state index contributed by atoms with van der Waals surface area (Å²) < 4.78 is 75.1. The molecule has 3 aliphatic rings. The number of alkyl halides is 4. The fourth-order valence-electron chi connectivity index (χ4n) is 5.51. The van der Waals surface area contributed by atoms with Crippen LogP contribution in [0.1, 0.15) is 56.0 Å². The van der Waals surface area contributed by atoms with Crippen molar-refractivity contribution in [3.8, 4) is 0 Å². The van der Waals surface area contributed by atoms with E-state index in [4.69, 9.17) is 10.5 Å². The number of amides is 1. The van der Waals surface area contributed by atoms with Gasteiger partial charge in [-0.25, -0.2) is 26.9 Å². The smallest absolute Gasteiger partial charge is 0.282 e. The first-order valence-electron chi connectivity index (χ1n) is 11.6. The van der Waals surface area contributed by atoms with E-state index in [0.29, 0.717) is 11.3 Å². The second kappa shape index (κ2) is 8.15. The summed E-state index contributed by atoms with van der Waals surface area (Å²) in [6.07, 6.45) is 0.347. The van der Waals surface area contributed by atoms with Crippen molar-refractivity contribution in [2.45, 2.75) is 61.8 Å². The van der Waals surface area contributed by atoms with Crippen LogP contribution in [0, 0.1) is 11.7 Å². The van der Waals surface area contributed by atoms with Crippen LogP contribution in [-0.2, 0) is 14.9 Å². The summed E-state index contributed by atoms with van der Waals surface area (Å²) in [4.78, 5) is 21.7. The highest BCUT2D eigenvalue weighted by Crippen LogP contribution is 2.43. The lowest BCUT2D eigenvalue weighted by molar-refractivity contribution is -0.174. The van der Waals surface area contributed by atoms with Crippen molar-refractivity contribution in [1.82, 2.24) is 14.9 Å². The number of nitrogens with zero attached hydrogens (tertiary/aromatic N) is 2. The second-order valence-corrected chi connectivity index (χ2v) is 9.88. The standard InChI is InChI=1S/C23H27F5N4O2/c24-16-14(21(7-9-34-10-8-21)20(33)32-11-23(27,28)12-32)1-2-15-18(16)31-19(30-15)17(29)13-3-5-22(25,26)6-4-13/h1-2,13,17H,3-12,29H2,(H,30,31)/t17-/m0/s1. The molecule has 3 N–H and O–H groups in total. The van der Waals surface area contributed by atoms with Gasteiger partial charge in [-0.15, -0.1) is 0 Å². The summed E-state index contributed by atoms with van der Waals surface area (Å²) in [6, 6.07) is 2.43. The van der Waals surface area contributed by atoms with Crippen LogP contribution in [-0.4, -0.2) is 58.9 Å². The van der Waals surface area contributed by atoms with Gasteiger partial charge in [-0.1, -0.05) is 6.07 Å². The van der Waals surface area contributed by atoms with E-state index >= 15 is 4.39 Å². The van der Waals surface area contributed by atoms with Gasteiger partial charge in [0.05, 0.1) is 30.1 Å². The average Bonchev–Trinajstić information content (AvgIpc) is 3.22. The fraction of sp³-hybridized carbons (Fsp3) is 0.652. The Balaban J connectivity index is 1.46. The highest BCUT2D eigenvalue weighted by Gasteiger charge is 2.54. The monoisotopic (exact) mass is 486 g/mol. The molecule has 1 aliphatic carbocycles. The topological polar surface area (TPSA) is 84.2 Å². The molecule has 0 radical (unpaired) electrons. The van der Waals surface area contributed by atoms with Crippen LogP contribution in [0.15, 0.2) is 12.1 Å². The summed E-state index contributed by atoms with van der Waals surface area (Å²) in [5.41, 5.74) is 5.47. The number of rotatable bonds is 4. The number of carbonyl (C=O) groups excluding carboxylic acids is 1. The molecule has 1 atom stereocenters. The van der Waals surface area contributed by atoms with Crippen LogP contribution in [0.4, 0.5) is 22.0 Å². The molecule has 0 spiro atoms. The van der Waals surface area contributed by atoms with Crippen molar-refractivity contribution in [2.75, 3.05) is 26.3 Å². The highest BCUT2D eigenvalue weighted by atomic mass is 19.3. The molecule has 1 saturated carbocycles. The number of H-pyrrole nitrogens is 1. The maximum absolute atomic E-state index is 15.8. The zero-order valence-electron chi connectivity index (χ0n) is 18.6. The molecule has 186 valence electrons. The normalized spacial score (nSPS) is 25.2. The van der Waals surface area contributed by atoms with Crippen LogP contribution in [0.3, 0.4) is 0 Å². The number of hydrogen-bond donors (Lipinski definition) is 2. The van der Waals surface area contributed by atoms with Gasteiger partial charge >= 0.3 is 0 Å². The average molecular weight is 486 g/mol. The van der Waals surface area contributed by atoms with Crippen LogP contribution in [0.2, 0.25) is 0 Å². The summed E-state index contributed by atoms with van der Waals surface area (Å²) in [5, 5.41) is 0. The number of halogens is 5. The third-order valence-corrected chi connectivity index (χ3v) is 7.60. The highest BCUT2D eigenvalue weighted by molar-refractivity contribution is 5.91. The number of fused-ring (bicyclic) bond motifs is 1. The van der Waals surface area contributed by atoms with Gasteiger partial charge in [-0.05, 0) is 37.7 Å². The van der Waals surface area contributed by atoms with Crippen LogP contribution < -0.4 is 5.73 Å². The predicted octanol–water partition coefficient (Wildman–Crippen LogP) is 4.05. The number of imidazole rings is 1. The Bertz CT molecular complexity index is 1080. The number of likely N-dealkylation sites (tertiary alicyclic amines) is 1. The van der Waals surface area contributed by atoms with Gasteiger partial charge in [0, 0.05) is 31.6 Å². The molecule has 2 saturated heterocycles. The summed E-state index contributed by atoms with van der Waals surface area (Å²) in [6.45, 7) is -0.951. The number of nitrogens with two attached hydrogens (primary N) is 1. The Labute approximate surface area is 193 Å². The molecular weight excluding hydrogens is 459 g/mol. The molecule has 0 unspecified atom stereocenters. The molecule has 1 amide bonds. The number of nitrogens with one attached hydrogen (secondary N) is 1. The van der Waals surface area contributed by atoms with Gasteiger partial charge in [0.1, 0.15) is 11.3 Å². The van der Waals surface area contributed by atoms with Crippen molar-refractivity contribution in [3.63, 3.8) is 0 Å². The Kier molecular flexibility index (Phi) is 5.63. The first kappa shape index (κ1) is 23.5. The molecule has 2 aromatic rings. The van der Waals surface area contributed by atoms with Gasteiger partial charge in [0.15, 0.2) is 5.82 Å². The lowest BCUT2D eigenvalue weighted by Gasteiger charge is -2.46. The van der Waals surface area contributed by atoms with E-state index < -0.39 is 48.1 Å². The van der Waals surface area contributed by atoms with E-state index in [0.717, 1.165) is 4.90 Å². The van der Waals surface area contributed by atoms with E-state index in [2.05, 4.69) is 9.97 Å². The zero-order valence-corrected chi connectivity index (χ0v) is 18.6. The Morgan fingerprint density at radius 2 is 1.74 bits per heavy atom. The first-order chi connectivity index (χ1) is 16.0. The van der Waals surface area contributed by atoms with Gasteiger partial charge in [-0.3, -0.25) is 4.79 Å². The fourth-order valence-corrected chi connectivity index (χ4v) is 5.51. The Hall–Kier alpha value is -2.27. The molecule has 2 aliphatic heterocycles. The lowest BCUT2D eigenvalue weighted by atomic mass is 9.72. The molecule has 1 aromatic carbocycles. The maximum Gasteiger partial charge on any atom is 0.282 e. The lowest BCUT2D eigenvalue weighted by Crippen LogP contribution is -2.63. The van der Waals surface area contributed by atoms with Gasteiger partial charge < -0.3 is 20.4 Å². The molecule has 1 aromatic heterocycles. The van der Waals surface area contributed by atoms with Crippen molar-refractivity contribution < 1.29 is 31.5 Å². The summed E-state index contributed by atoms with van der Waals surface area (Å²) >= 11 is 0. The maximum atomic E-state index is 15.8. The van der Waals surface area contributed by atoms with Crippen molar-refractivity contribution in [2.24, 2.45) is 11.7 Å². The largest absolute Gasteiger partial charge is 0.381 e.